The molecule has 2 rings (SSSR count). The molecule has 0 aliphatic carbocycles. The van der Waals surface area contributed by atoms with Gasteiger partial charge in [0.25, 0.3) is 0 Å². The van der Waals surface area contributed by atoms with Gasteiger partial charge in [-0.2, -0.15) is 13.2 Å². The van der Waals surface area contributed by atoms with E-state index in [0.717, 1.165) is 31.5 Å². The Balaban J connectivity index is 1.93. The summed E-state index contributed by atoms with van der Waals surface area (Å²) < 4.78 is 38.1. The van der Waals surface area contributed by atoms with E-state index in [4.69, 9.17) is 11.6 Å². The number of nitrogens with one attached hydrogen (secondary N) is 1. The van der Waals surface area contributed by atoms with Crippen molar-refractivity contribution in [3.63, 3.8) is 0 Å². The number of anilines is 1. The van der Waals surface area contributed by atoms with E-state index in [2.05, 4.69) is 17.3 Å². The lowest BCUT2D eigenvalue weighted by Gasteiger charge is -2.32. The predicted octanol–water partition coefficient (Wildman–Crippen LogP) is 4.65. The maximum atomic E-state index is 12.7. The summed E-state index contributed by atoms with van der Waals surface area (Å²) in [5.41, 5.74) is -0.325. The van der Waals surface area contributed by atoms with Gasteiger partial charge in [0.15, 0.2) is 0 Å². The maximum Gasteiger partial charge on any atom is 0.416 e. The molecule has 1 fully saturated rings. The van der Waals surface area contributed by atoms with E-state index in [9.17, 15) is 13.2 Å². The fraction of sp³-hybridized carbons (Fsp3) is 0.600. The van der Waals surface area contributed by atoms with E-state index >= 15 is 0 Å². The standard InChI is InChI=1S/C15H20ClF3N2/c1-21-9-3-2-4-12(21)7-8-20-14-10-11(15(17,18)19)5-6-13(14)16/h5-6,10,12,20H,2-4,7-9H2,1H3. The number of nitrogens with zero attached hydrogens (tertiary/aromatic N) is 1. The lowest BCUT2D eigenvalue weighted by molar-refractivity contribution is -0.137. The third-order valence-corrected chi connectivity index (χ3v) is 4.34. The molecule has 1 saturated heterocycles. The Morgan fingerprint density at radius 2 is 2.10 bits per heavy atom. The Bertz CT molecular complexity index is 476. The molecule has 1 N–H and O–H groups in total. The molecule has 1 heterocycles. The second-order valence-corrected chi connectivity index (χ2v) is 5.95. The Kier molecular flexibility index (Phi) is 5.38. The molecule has 0 spiro atoms. The Morgan fingerprint density at radius 3 is 2.76 bits per heavy atom. The zero-order valence-corrected chi connectivity index (χ0v) is 12.8. The number of alkyl halides is 3. The highest BCUT2D eigenvalue weighted by atomic mass is 35.5. The number of hydrogen-bond acceptors (Lipinski definition) is 2. The summed E-state index contributed by atoms with van der Waals surface area (Å²) >= 11 is 5.96. The molecule has 1 aliphatic heterocycles. The van der Waals surface area contributed by atoms with Crippen LogP contribution in [0.25, 0.3) is 0 Å². The van der Waals surface area contributed by atoms with Crippen LogP contribution in [-0.2, 0) is 6.18 Å². The molecule has 21 heavy (non-hydrogen) atoms. The second kappa shape index (κ2) is 6.88. The number of halogens is 4. The van der Waals surface area contributed by atoms with Crippen molar-refractivity contribution in [2.75, 3.05) is 25.5 Å². The van der Waals surface area contributed by atoms with Crippen LogP contribution in [0.15, 0.2) is 18.2 Å². The van der Waals surface area contributed by atoms with E-state index in [-0.39, 0.29) is 0 Å². The molecule has 0 radical (unpaired) electrons. The van der Waals surface area contributed by atoms with Gasteiger partial charge in [-0.3, -0.25) is 0 Å². The molecular weight excluding hydrogens is 301 g/mol. The predicted molar refractivity (Wildman–Crippen MR) is 79.8 cm³/mol. The van der Waals surface area contributed by atoms with Crippen LogP contribution in [0.5, 0.6) is 0 Å². The molecule has 6 heteroatoms. The van der Waals surface area contributed by atoms with Gasteiger partial charge in [-0.1, -0.05) is 18.0 Å². The first kappa shape index (κ1) is 16.4. The van der Waals surface area contributed by atoms with Gasteiger partial charge in [0.2, 0.25) is 0 Å². The minimum Gasteiger partial charge on any atom is -0.384 e. The topological polar surface area (TPSA) is 15.3 Å². The van der Waals surface area contributed by atoms with E-state index in [1.807, 2.05) is 0 Å². The van der Waals surface area contributed by atoms with E-state index in [0.29, 0.717) is 23.3 Å². The molecule has 118 valence electrons. The number of piperidine rings is 1. The van der Waals surface area contributed by atoms with Gasteiger partial charge >= 0.3 is 6.18 Å². The number of benzene rings is 1. The van der Waals surface area contributed by atoms with Crippen LogP contribution in [0.4, 0.5) is 18.9 Å². The zero-order chi connectivity index (χ0) is 15.5. The van der Waals surface area contributed by atoms with Crippen molar-refractivity contribution in [2.24, 2.45) is 0 Å². The van der Waals surface area contributed by atoms with Gasteiger partial charge < -0.3 is 10.2 Å². The number of rotatable bonds is 4. The van der Waals surface area contributed by atoms with Crippen molar-refractivity contribution in [1.82, 2.24) is 4.90 Å². The molecule has 1 unspecified atom stereocenters. The van der Waals surface area contributed by atoms with Crippen molar-refractivity contribution in [1.29, 1.82) is 0 Å². The fourth-order valence-corrected chi connectivity index (χ4v) is 2.90. The van der Waals surface area contributed by atoms with Gasteiger partial charge in [-0.25, -0.2) is 0 Å². The molecule has 2 nitrogen and oxygen atoms in total. The average Bonchev–Trinajstić information content (AvgIpc) is 2.41. The first-order valence-corrected chi connectivity index (χ1v) is 7.56. The second-order valence-electron chi connectivity index (χ2n) is 5.54. The fourth-order valence-electron chi connectivity index (χ4n) is 2.72. The Morgan fingerprint density at radius 1 is 1.33 bits per heavy atom. The SMILES string of the molecule is CN1CCCCC1CCNc1cc(C(F)(F)F)ccc1Cl. The van der Waals surface area contributed by atoms with Crippen LogP contribution in [0, 0.1) is 0 Å². The lowest BCUT2D eigenvalue weighted by atomic mass is 10.0. The minimum absolute atomic E-state index is 0.319. The van der Waals surface area contributed by atoms with Crippen LogP contribution in [0.2, 0.25) is 5.02 Å². The molecule has 0 saturated carbocycles. The van der Waals surface area contributed by atoms with Crippen molar-refractivity contribution < 1.29 is 13.2 Å². The van der Waals surface area contributed by atoms with Crippen LogP contribution in [-0.4, -0.2) is 31.1 Å². The Labute approximate surface area is 128 Å². The van der Waals surface area contributed by atoms with E-state index in [1.165, 1.54) is 18.9 Å². The third-order valence-electron chi connectivity index (χ3n) is 4.01. The van der Waals surface area contributed by atoms with E-state index in [1.54, 1.807) is 0 Å². The smallest absolute Gasteiger partial charge is 0.384 e. The third kappa shape index (κ3) is 4.51. The molecule has 0 bridgehead atoms. The van der Waals surface area contributed by atoms with Gasteiger partial charge in [-0.05, 0) is 51.1 Å². The molecular formula is C15H20ClF3N2. The largest absolute Gasteiger partial charge is 0.416 e. The number of likely N-dealkylation sites (tertiary alicyclic amines) is 1. The van der Waals surface area contributed by atoms with Gasteiger partial charge in [0.1, 0.15) is 0 Å². The zero-order valence-electron chi connectivity index (χ0n) is 12.0. The van der Waals surface area contributed by atoms with Crippen molar-refractivity contribution in [2.45, 2.75) is 37.9 Å². The summed E-state index contributed by atoms with van der Waals surface area (Å²) in [7, 11) is 2.10. The molecule has 1 atom stereocenters. The first-order chi connectivity index (χ1) is 9.88. The van der Waals surface area contributed by atoms with Crippen molar-refractivity contribution in [3.8, 4) is 0 Å². The van der Waals surface area contributed by atoms with Crippen LogP contribution in [0.1, 0.15) is 31.2 Å². The molecule has 1 aliphatic rings. The molecule has 0 amide bonds. The van der Waals surface area contributed by atoms with E-state index < -0.39 is 11.7 Å². The van der Waals surface area contributed by atoms with Gasteiger partial charge in [-0.15, -0.1) is 0 Å². The monoisotopic (exact) mass is 320 g/mol. The van der Waals surface area contributed by atoms with Crippen LogP contribution in [0.3, 0.4) is 0 Å². The maximum absolute atomic E-state index is 12.7. The normalized spacial score (nSPS) is 20.5. The summed E-state index contributed by atoms with van der Waals surface area (Å²) in [5.74, 6) is 0. The summed E-state index contributed by atoms with van der Waals surface area (Å²) in [6, 6.07) is 3.87. The molecule has 0 aromatic heterocycles. The highest BCUT2D eigenvalue weighted by Crippen LogP contribution is 2.33. The quantitative estimate of drug-likeness (QED) is 0.869. The average molecular weight is 321 g/mol. The summed E-state index contributed by atoms with van der Waals surface area (Å²) in [6.45, 7) is 1.71. The van der Waals surface area contributed by atoms with Gasteiger partial charge in [0.05, 0.1) is 16.3 Å². The lowest BCUT2D eigenvalue weighted by Crippen LogP contribution is -2.37. The summed E-state index contributed by atoms with van der Waals surface area (Å²) in [5, 5.41) is 3.35. The van der Waals surface area contributed by atoms with Crippen molar-refractivity contribution >= 4 is 17.3 Å². The number of hydrogen-bond donors (Lipinski definition) is 1. The Hall–Kier alpha value is -0.940. The van der Waals surface area contributed by atoms with Crippen molar-refractivity contribution in [3.05, 3.63) is 28.8 Å². The molecule has 1 aromatic rings. The summed E-state index contributed by atoms with van der Waals surface area (Å²) in [6.07, 6.45) is 0.154. The first-order valence-electron chi connectivity index (χ1n) is 7.19. The van der Waals surface area contributed by atoms with Crippen LogP contribution >= 0.6 is 11.6 Å². The minimum atomic E-state index is -4.34. The van der Waals surface area contributed by atoms with Crippen LogP contribution < -0.4 is 5.32 Å². The van der Waals surface area contributed by atoms with Gasteiger partial charge in [0, 0.05) is 12.6 Å². The molecule has 1 aromatic carbocycles. The highest BCUT2D eigenvalue weighted by molar-refractivity contribution is 6.33. The highest BCUT2D eigenvalue weighted by Gasteiger charge is 2.31. The summed E-state index contributed by atoms with van der Waals surface area (Å²) in [4.78, 5) is 2.32.